The average molecular weight is 302 g/mol. The smallest absolute Gasteiger partial charge is 0.184 e. The Bertz CT molecular complexity index is 546. The second-order valence-corrected chi connectivity index (χ2v) is 4.73. The summed E-state index contributed by atoms with van der Waals surface area (Å²) >= 11 is 3.37. The molecule has 0 unspecified atom stereocenters. The third-order valence-electron chi connectivity index (χ3n) is 2.44. The van der Waals surface area contributed by atoms with Gasteiger partial charge in [0.05, 0.1) is 0 Å². The van der Waals surface area contributed by atoms with Gasteiger partial charge < -0.3 is 0 Å². The van der Waals surface area contributed by atoms with Crippen molar-refractivity contribution in [2.75, 3.05) is 6.54 Å². The summed E-state index contributed by atoms with van der Waals surface area (Å²) < 4.78 is 1.03. The monoisotopic (exact) mass is 301 g/mol. The number of ketones is 1. The molecular formula is C15H12BrNO. The van der Waals surface area contributed by atoms with Crippen LogP contribution in [-0.2, 0) is 0 Å². The number of aliphatic imine (C=N–C) groups is 1. The maximum Gasteiger partial charge on any atom is 0.184 e. The average Bonchev–Trinajstić information content (AvgIpc) is 2.42. The summed E-state index contributed by atoms with van der Waals surface area (Å²) in [5, 5.41) is 0. The summed E-state index contributed by atoms with van der Waals surface area (Å²) in [6, 6.07) is 17.0. The van der Waals surface area contributed by atoms with Crippen molar-refractivity contribution in [2.24, 2.45) is 4.99 Å². The van der Waals surface area contributed by atoms with Gasteiger partial charge in [0.1, 0.15) is 6.54 Å². The highest BCUT2D eigenvalue weighted by Gasteiger charge is 2.02. The van der Waals surface area contributed by atoms with E-state index in [2.05, 4.69) is 20.9 Å². The molecule has 2 aromatic carbocycles. The fourth-order valence-corrected chi connectivity index (χ4v) is 1.76. The molecule has 0 bridgehead atoms. The molecule has 18 heavy (non-hydrogen) atoms. The standard InChI is InChI=1S/C15H12BrNO/c16-14-8-6-12(7-9-14)10-17-11-15(18)13-4-2-1-3-5-13/h1-10H,11H2. The number of carbonyl (C=O) groups excluding carboxylic acids is 1. The van der Waals surface area contributed by atoms with Gasteiger partial charge in [0.2, 0.25) is 0 Å². The van der Waals surface area contributed by atoms with Crippen LogP contribution in [0, 0.1) is 0 Å². The summed E-state index contributed by atoms with van der Waals surface area (Å²) in [6.07, 6.45) is 1.72. The Morgan fingerprint density at radius 2 is 1.72 bits per heavy atom. The molecule has 2 nitrogen and oxygen atoms in total. The van der Waals surface area contributed by atoms with E-state index in [4.69, 9.17) is 0 Å². The van der Waals surface area contributed by atoms with E-state index in [-0.39, 0.29) is 12.3 Å². The van der Waals surface area contributed by atoms with Crippen LogP contribution in [0.1, 0.15) is 15.9 Å². The van der Waals surface area contributed by atoms with E-state index >= 15 is 0 Å². The van der Waals surface area contributed by atoms with E-state index in [0.29, 0.717) is 5.56 Å². The van der Waals surface area contributed by atoms with Crippen LogP contribution >= 0.6 is 15.9 Å². The highest BCUT2D eigenvalue weighted by molar-refractivity contribution is 9.10. The van der Waals surface area contributed by atoms with E-state index in [0.717, 1.165) is 10.0 Å². The molecule has 0 aliphatic carbocycles. The summed E-state index contributed by atoms with van der Waals surface area (Å²) in [5.74, 6) is 0.0314. The van der Waals surface area contributed by atoms with E-state index < -0.39 is 0 Å². The Kier molecular flexibility index (Phi) is 4.42. The molecule has 0 atom stereocenters. The van der Waals surface area contributed by atoms with E-state index in [1.807, 2.05) is 42.5 Å². The third-order valence-corrected chi connectivity index (χ3v) is 2.97. The Balaban J connectivity index is 1.96. The van der Waals surface area contributed by atoms with E-state index in [1.54, 1.807) is 18.3 Å². The normalized spacial score (nSPS) is 10.7. The molecule has 0 heterocycles. The molecule has 0 aromatic heterocycles. The molecule has 0 spiro atoms. The predicted octanol–water partition coefficient (Wildman–Crippen LogP) is 3.75. The fraction of sp³-hybridized carbons (Fsp3) is 0.0667. The quantitative estimate of drug-likeness (QED) is 0.625. The van der Waals surface area contributed by atoms with Crippen molar-refractivity contribution in [1.82, 2.24) is 0 Å². The lowest BCUT2D eigenvalue weighted by Gasteiger charge is -1.96. The third kappa shape index (κ3) is 3.64. The number of Topliss-reactive ketones (excluding diaryl/α,β-unsaturated/α-hetero) is 1. The van der Waals surface area contributed by atoms with Crippen molar-refractivity contribution >= 4 is 27.9 Å². The molecule has 0 fully saturated rings. The van der Waals surface area contributed by atoms with Crippen LogP contribution in [-0.4, -0.2) is 18.5 Å². The van der Waals surface area contributed by atoms with Gasteiger partial charge in [0.25, 0.3) is 0 Å². The van der Waals surface area contributed by atoms with Crippen LogP contribution in [0.25, 0.3) is 0 Å². The number of halogens is 1. The zero-order chi connectivity index (χ0) is 12.8. The number of rotatable bonds is 4. The lowest BCUT2D eigenvalue weighted by atomic mass is 10.1. The van der Waals surface area contributed by atoms with E-state index in [1.165, 1.54) is 0 Å². The molecule has 0 amide bonds. The topological polar surface area (TPSA) is 29.4 Å². The Labute approximate surface area is 115 Å². The summed E-state index contributed by atoms with van der Waals surface area (Å²) in [6.45, 7) is 0.181. The largest absolute Gasteiger partial charge is 0.292 e. The van der Waals surface area contributed by atoms with Crippen LogP contribution < -0.4 is 0 Å². The van der Waals surface area contributed by atoms with Crippen LogP contribution in [0.2, 0.25) is 0 Å². The van der Waals surface area contributed by atoms with Crippen molar-refractivity contribution in [3.05, 3.63) is 70.2 Å². The number of benzene rings is 2. The van der Waals surface area contributed by atoms with Gasteiger partial charge in [-0.1, -0.05) is 58.4 Å². The molecule has 0 saturated heterocycles. The van der Waals surface area contributed by atoms with Crippen molar-refractivity contribution in [3.63, 3.8) is 0 Å². The maximum absolute atomic E-state index is 11.8. The van der Waals surface area contributed by atoms with Crippen molar-refractivity contribution in [1.29, 1.82) is 0 Å². The second kappa shape index (κ2) is 6.26. The Morgan fingerprint density at radius 1 is 1.06 bits per heavy atom. The molecule has 0 aliphatic rings. The fourth-order valence-electron chi connectivity index (χ4n) is 1.50. The number of nitrogens with zero attached hydrogens (tertiary/aromatic N) is 1. The maximum atomic E-state index is 11.8. The molecule has 2 rings (SSSR count). The molecule has 0 radical (unpaired) electrons. The zero-order valence-electron chi connectivity index (χ0n) is 9.71. The van der Waals surface area contributed by atoms with Crippen LogP contribution in [0.4, 0.5) is 0 Å². The zero-order valence-corrected chi connectivity index (χ0v) is 11.3. The first-order chi connectivity index (χ1) is 8.75. The van der Waals surface area contributed by atoms with Crippen molar-refractivity contribution in [2.45, 2.75) is 0 Å². The van der Waals surface area contributed by atoms with Crippen molar-refractivity contribution in [3.8, 4) is 0 Å². The first-order valence-electron chi connectivity index (χ1n) is 5.59. The van der Waals surface area contributed by atoms with Gasteiger partial charge >= 0.3 is 0 Å². The van der Waals surface area contributed by atoms with Gasteiger partial charge in [-0.15, -0.1) is 0 Å². The molecule has 0 N–H and O–H groups in total. The lowest BCUT2D eigenvalue weighted by Crippen LogP contribution is -2.03. The van der Waals surface area contributed by atoms with Crippen LogP contribution in [0.3, 0.4) is 0 Å². The lowest BCUT2D eigenvalue weighted by molar-refractivity contribution is 0.100. The summed E-state index contributed by atoms with van der Waals surface area (Å²) in [5.41, 5.74) is 1.68. The summed E-state index contributed by atoms with van der Waals surface area (Å²) in [4.78, 5) is 15.9. The van der Waals surface area contributed by atoms with Gasteiger partial charge in [-0.2, -0.15) is 0 Å². The number of carbonyl (C=O) groups is 1. The first kappa shape index (κ1) is 12.7. The SMILES string of the molecule is O=C(CN=Cc1ccc(Br)cc1)c1ccccc1. The van der Waals surface area contributed by atoms with E-state index in [9.17, 15) is 4.79 Å². The summed E-state index contributed by atoms with van der Waals surface area (Å²) in [7, 11) is 0. The molecule has 2 aromatic rings. The minimum Gasteiger partial charge on any atom is -0.292 e. The molecule has 0 aliphatic heterocycles. The Hall–Kier alpha value is -1.74. The Morgan fingerprint density at radius 3 is 2.39 bits per heavy atom. The predicted molar refractivity (Wildman–Crippen MR) is 77.4 cm³/mol. The van der Waals surface area contributed by atoms with Gasteiger partial charge in [0, 0.05) is 16.3 Å². The molecule has 90 valence electrons. The van der Waals surface area contributed by atoms with Crippen molar-refractivity contribution < 1.29 is 4.79 Å². The van der Waals surface area contributed by atoms with Gasteiger partial charge in [-0.25, -0.2) is 0 Å². The highest BCUT2D eigenvalue weighted by atomic mass is 79.9. The molecular weight excluding hydrogens is 290 g/mol. The van der Waals surface area contributed by atoms with Gasteiger partial charge in [-0.05, 0) is 17.7 Å². The minimum absolute atomic E-state index is 0.0314. The van der Waals surface area contributed by atoms with Gasteiger partial charge in [0.15, 0.2) is 5.78 Å². The van der Waals surface area contributed by atoms with Crippen LogP contribution in [0.5, 0.6) is 0 Å². The molecule has 0 saturated carbocycles. The number of hydrogen-bond donors (Lipinski definition) is 0. The minimum atomic E-state index is 0.0314. The highest BCUT2D eigenvalue weighted by Crippen LogP contribution is 2.09. The van der Waals surface area contributed by atoms with Crippen LogP contribution in [0.15, 0.2) is 64.1 Å². The first-order valence-corrected chi connectivity index (χ1v) is 6.38. The van der Waals surface area contributed by atoms with Gasteiger partial charge in [-0.3, -0.25) is 9.79 Å². The molecule has 3 heteroatoms. The second-order valence-electron chi connectivity index (χ2n) is 3.81. The number of hydrogen-bond acceptors (Lipinski definition) is 2.